The fourth-order valence-electron chi connectivity index (χ4n) is 2.39. The normalized spacial score (nSPS) is 11.8. The van der Waals surface area contributed by atoms with E-state index < -0.39 is 0 Å². The van der Waals surface area contributed by atoms with Crippen LogP contribution in [-0.4, -0.2) is 25.9 Å². The summed E-state index contributed by atoms with van der Waals surface area (Å²) in [5.74, 6) is 1.28. The van der Waals surface area contributed by atoms with Crippen LogP contribution in [0, 0.1) is 18.3 Å². The smallest absolute Gasteiger partial charge is 0.237 e. The van der Waals surface area contributed by atoms with Gasteiger partial charge in [0.15, 0.2) is 11.0 Å². The summed E-state index contributed by atoms with van der Waals surface area (Å²) in [7, 11) is 1.85. The van der Waals surface area contributed by atoms with E-state index in [2.05, 4.69) is 21.6 Å². The van der Waals surface area contributed by atoms with Gasteiger partial charge in [-0.25, -0.2) is 0 Å². The minimum absolute atomic E-state index is 0.172. The molecule has 8 heteroatoms. The molecule has 1 N–H and O–H groups in total. The van der Waals surface area contributed by atoms with Crippen molar-refractivity contribution in [2.45, 2.75) is 24.3 Å². The Bertz CT molecular complexity index is 986. The quantitative estimate of drug-likeness (QED) is 0.695. The number of nitriles is 1. The molecule has 0 bridgehead atoms. The number of carbonyl (C=O) groups is 1. The van der Waals surface area contributed by atoms with Crippen molar-refractivity contribution >= 4 is 23.4 Å². The Morgan fingerprint density at radius 3 is 2.88 bits per heavy atom. The second-order valence-corrected chi connectivity index (χ2v) is 7.01. The third-order valence-electron chi connectivity index (χ3n) is 3.85. The zero-order valence-electron chi connectivity index (χ0n) is 14.6. The van der Waals surface area contributed by atoms with Gasteiger partial charge >= 0.3 is 0 Å². The first-order valence-corrected chi connectivity index (χ1v) is 8.79. The Labute approximate surface area is 155 Å². The summed E-state index contributed by atoms with van der Waals surface area (Å²) < 4.78 is 7.15. The van der Waals surface area contributed by atoms with Gasteiger partial charge in [0.05, 0.1) is 28.7 Å². The van der Waals surface area contributed by atoms with Crippen molar-refractivity contribution in [3.05, 3.63) is 47.9 Å². The van der Waals surface area contributed by atoms with Crippen molar-refractivity contribution in [3.63, 3.8) is 0 Å². The van der Waals surface area contributed by atoms with Gasteiger partial charge in [-0.15, -0.1) is 10.2 Å². The molecular weight excluding hydrogens is 350 g/mol. The molecule has 0 saturated carbocycles. The lowest BCUT2D eigenvalue weighted by atomic mass is 10.2. The van der Waals surface area contributed by atoms with Crippen molar-refractivity contribution in [1.29, 1.82) is 5.26 Å². The van der Waals surface area contributed by atoms with E-state index in [0.29, 0.717) is 22.2 Å². The fourth-order valence-corrected chi connectivity index (χ4v) is 3.21. The van der Waals surface area contributed by atoms with Crippen LogP contribution in [0.4, 0.5) is 5.69 Å². The molecule has 0 aliphatic heterocycles. The van der Waals surface area contributed by atoms with Crippen molar-refractivity contribution in [3.8, 4) is 17.5 Å². The van der Waals surface area contributed by atoms with E-state index in [0.717, 1.165) is 11.3 Å². The maximum absolute atomic E-state index is 12.4. The van der Waals surface area contributed by atoms with Gasteiger partial charge in [0.1, 0.15) is 5.76 Å². The molecule has 1 atom stereocenters. The number of nitrogens with one attached hydrogen (secondary N) is 1. The zero-order valence-corrected chi connectivity index (χ0v) is 15.4. The predicted molar refractivity (Wildman–Crippen MR) is 98.5 cm³/mol. The number of benzene rings is 1. The van der Waals surface area contributed by atoms with Gasteiger partial charge < -0.3 is 14.3 Å². The van der Waals surface area contributed by atoms with E-state index in [1.165, 1.54) is 11.8 Å². The molecule has 132 valence electrons. The number of carbonyl (C=O) groups excluding carboxylic acids is 1. The average molecular weight is 367 g/mol. The summed E-state index contributed by atoms with van der Waals surface area (Å²) in [4.78, 5) is 12.4. The molecule has 1 aromatic carbocycles. The second kappa shape index (κ2) is 7.45. The number of aromatic nitrogens is 3. The zero-order chi connectivity index (χ0) is 18.7. The highest BCUT2D eigenvalue weighted by molar-refractivity contribution is 8.00. The third-order valence-corrected chi connectivity index (χ3v) is 4.98. The summed E-state index contributed by atoms with van der Waals surface area (Å²) in [5.41, 5.74) is 1.96. The highest BCUT2D eigenvalue weighted by atomic mass is 32.2. The largest absolute Gasteiger partial charge is 0.469 e. The third kappa shape index (κ3) is 3.63. The number of furan rings is 1. The number of hydrogen-bond donors (Lipinski definition) is 1. The van der Waals surface area contributed by atoms with E-state index in [9.17, 15) is 4.79 Å². The molecule has 1 amide bonds. The maximum atomic E-state index is 12.4. The van der Waals surface area contributed by atoms with Crippen LogP contribution in [0.15, 0.2) is 46.2 Å². The minimum Gasteiger partial charge on any atom is -0.469 e. The first kappa shape index (κ1) is 17.8. The monoisotopic (exact) mass is 367 g/mol. The van der Waals surface area contributed by atoms with Crippen LogP contribution in [0.25, 0.3) is 11.4 Å². The van der Waals surface area contributed by atoms with Gasteiger partial charge in [0.2, 0.25) is 5.91 Å². The summed E-state index contributed by atoms with van der Waals surface area (Å²) in [6.45, 7) is 3.66. The Hall–Kier alpha value is -3.05. The van der Waals surface area contributed by atoms with Crippen molar-refractivity contribution < 1.29 is 9.21 Å². The van der Waals surface area contributed by atoms with Crippen LogP contribution in [0.1, 0.15) is 18.2 Å². The Kier molecular flexibility index (Phi) is 5.09. The maximum Gasteiger partial charge on any atom is 0.237 e. The van der Waals surface area contributed by atoms with Crippen LogP contribution in [0.3, 0.4) is 0 Å². The molecule has 0 aliphatic carbocycles. The molecule has 7 nitrogen and oxygen atoms in total. The van der Waals surface area contributed by atoms with Crippen LogP contribution in [-0.2, 0) is 11.8 Å². The van der Waals surface area contributed by atoms with E-state index in [-0.39, 0.29) is 11.2 Å². The molecule has 0 fully saturated rings. The molecule has 2 aromatic heterocycles. The summed E-state index contributed by atoms with van der Waals surface area (Å²) in [6, 6.07) is 10.7. The summed E-state index contributed by atoms with van der Waals surface area (Å²) in [5, 5.41) is 20.4. The standard InChI is InChI=1S/C18H17N5O2S/c1-11-15(7-8-25-11)16-21-22-18(23(16)3)26-12(2)17(24)20-14-6-4-5-13(9-14)10-19/h4-9,12H,1-3H3,(H,20,24)/t12-/m1/s1. The van der Waals surface area contributed by atoms with Gasteiger partial charge in [-0.1, -0.05) is 17.8 Å². The molecule has 0 unspecified atom stereocenters. The topological polar surface area (TPSA) is 96.7 Å². The lowest BCUT2D eigenvalue weighted by Crippen LogP contribution is -2.22. The first-order valence-electron chi connectivity index (χ1n) is 7.91. The number of rotatable bonds is 5. The number of hydrogen-bond acceptors (Lipinski definition) is 6. The van der Waals surface area contributed by atoms with E-state index >= 15 is 0 Å². The molecule has 0 radical (unpaired) electrons. The highest BCUT2D eigenvalue weighted by Crippen LogP contribution is 2.28. The van der Waals surface area contributed by atoms with Crippen LogP contribution in [0.2, 0.25) is 0 Å². The lowest BCUT2D eigenvalue weighted by molar-refractivity contribution is -0.115. The summed E-state index contributed by atoms with van der Waals surface area (Å²) >= 11 is 1.31. The SMILES string of the molecule is Cc1occc1-c1nnc(S[C@H](C)C(=O)Nc2cccc(C#N)c2)n1C. The van der Waals surface area contributed by atoms with Gasteiger partial charge in [-0.3, -0.25) is 4.79 Å². The predicted octanol–water partition coefficient (Wildman–Crippen LogP) is 3.37. The molecule has 0 aliphatic rings. The molecule has 3 aromatic rings. The number of anilines is 1. The van der Waals surface area contributed by atoms with Crippen molar-refractivity contribution in [1.82, 2.24) is 14.8 Å². The Morgan fingerprint density at radius 2 is 2.19 bits per heavy atom. The number of thioether (sulfide) groups is 1. The fraction of sp³-hybridized carbons (Fsp3) is 0.222. The first-order chi connectivity index (χ1) is 12.5. The number of aryl methyl sites for hydroxylation is 1. The minimum atomic E-state index is -0.387. The molecule has 3 rings (SSSR count). The van der Waals surface area contributed by atoms with Crippen molar-refractivity contribution in [2.24, 2.45) is 7.05 Å². The molecule has 0 spiro atoms. The number of nitrogens with zero attached hydrogens (tertiary/aromatic N) is 4. The van der Waals surface area contributed by atoms with Crippen LogP contribution < -0.4 is 5.32 Å². The van der Waals surface area contributed by atoms with Gasteiger partial charge in [-0.05, 0) is 38.1 Å². The summed E-state index contributed by atoms with van der Waals surface area (Å²) in [6.07, 6.45) is 1.61. The Morgan fingerprint density at radius 1 is 1.38 bits per heavy atom. The van der Waals surface area contributed by atoms with E-state index in [4.69, 9.17) is 9.68 Å². The van der Waals surface area contributed by atoms with Crippen LogP contribution >= 0.6 is 11.8 Å². The molecule has 2 heterocycles. The van der Waals surface area contributed by atoms with Gasteiger partial charge in [-0.2, -0.15) is 5.26 Å². The Balaban J connectivity index is 1.71. The lowest BCUT2D eigenvalue weighted by Gasteiger charge is -2.11. The highest BCUT2D eigenvalue weighted by Gasteiger charge is 2.20. The van der Waals surface area contributed by atoms with Gasteiger partial charge in [0.25, 0.3) is 0 Å². The second-order valence-electron chi connectivity index (χ2n) is 5.70. The van der Waals surface area contributed by atoms with Crippen LogP contribution in [0.5, 0.6) is 0 Å². The average Bonchev–Trinajstić information content (AvgIpc) is 3.21. The number of amides is 1. The van der Waals surface area contributed by atoms with E-state index in [1.54, 1.807) is 37.5 Å². The van der Waals surface area contributed by atoms with Gasteiger partial charge in [0, 0.05) is 12.7 Å². The van der Waals surface area contributed by atoms with Crippen molar-refractivity contribution in [2.75, 3.05) is 5.32 Å². The molecular formula is C18H17N5O2S. The molecule has 0 saturated heterocycles. The molecule has 26 heavy (non-hydrogen) atoms. The van der Waals surface area contributed by atoms with E-state index in [1.807, 2.05) is 24.6 Å².